The molecular formula is C20H26N6O5. The summed E-state index contributed by atoms with van der Waals surface area (Å²) in [7, 11) is 0. The molecule has 1 aromatic heterocycles. The standard InChI is InChI=1S/C20H26N6O5/c1-11(2)29-20(28)31-13(4)30-16-8-6-5-7-14(16)25-26-15-9-10-17(23-18(15)22)24-19(27)12(3)21/h5-13H,21H2,1-4H3,(H3,22,23,24,27)/b26-25+/t12-,13?/m0/s1. The molecule has 11 nitrogen and oxygen atoms in total. The molecule has 2 aromatic rings. The highest BCUT2D eigenvalue weighted by molar-refractivity contribution is 5.93. The van der Waals surface area contributed by atoms with Crippen LogP contribution in [0.4, 0.5) is 27.8 Å². The Hall–Kier alpha value is -3.73. The number of carbonyl (C=O) groups is 2. The predicted octanol–water partition coefficient (Wildman–Crippen LogP) is 3.65. The monoisotopic (exact) mass is 430 g/mol. The number of amides is 1. The number of azo groups is 1. The number of carbonyl (C=O) groups excluding carboxylic acids is 2. The van der Waals surface area contributed by atoms with E-state index in [2.05, 4.69) is 20.5 Å². The minimum atomic E-state index is -0.915. The van der Waals surface area contributed by atoms with Gasteiger partial charge in [-0.3, -0.25) is 4.79 Å². The maximum Gasteiger partial charge on any atom is 0.511 e. The molecule has 2 rings (SSSR count). The summed E-state index contributed by atoms with van der Waals surface area (Å²) in [5, 5.41) is 10.8. The molecule has 0 saturated carbocycles. The molecule has 0 aliphatic carbocycles. The molecule has 1 heterocycles. The van der Waals surface area contributed by atoms with Gasteiger partial charge in [0.2, 0.25) is 12.2 Å². The lowest BCUT2D eigenvalue weighted by molar-refractivity contribution is -0.117. The minimum absolute atomic E-state index is 0.0674. The van der Waals surface area contributed by atoms with Crippen LogP contribution >= 0.6 is 0 Å². The van der Waals surface area contributed by atoms with E-state index in [9.17, 15) is 9.59 Å². The Morgan fingerprint density at radius 1 is 1.00 bits per heavy atom. The number of pyridine rings is 1. The molecule has 1 unspecified atom stereocenters. The number of nitrogens with two attached hydrogens (primary N) is 2. The van der Waals surface area contributed by atoms with Gasteiger partial charge in [0.05, 0.1) is 12.1 Å². The Morgan fingerprint density at radius 2 is 1.68 bits per heavy atom. The fourth-order valence-electron chi connectivity index (χ4n) is 2.17. The van der Waals surface area contributed by atoms with Gasteiger partial charge in [0.15, 0.2) is 11.6 Å². The van der Waals surface area contributed by atoms with Gasteiger partial charge in [-0.1, -0.05) is 12.1 Å². The van der Waals surface area contributed by atoms with Crippen molar-refractivity contribution in [1.29, 1.82) is 0 Å². The smallest absolute Gasteiger partial charge is 0.453 e. The van der Waals surface area contributed by atoms with Crippen molar-refractivity contribution >= 4 is 35.1 Å². The predicted molar refractivity (Wildman–Crippen MR) is 114 cm³/mol. The molecule has 0 bridgehead atoms. The molecule has 0 aliphatic rings. The number of rotatable bonds is 8. The highest BCUT2D eigenvalue weighted by atomic mass is 16.8. The fraction of sp³-hybridized carbons (Fsp3) is 0.350. The number of nitrogens with one attached hydrogen (secondary N) is 1. The summed E-state index contributed by atoms with van der Waals surface area (Å²) in [4.78, 5) is 27.3. The summed E-state index contributed by atoms with van der Waals surface area (Å²) >= 11 is 0. The number of anilines is 2. The molecule has 5 N–H and O–H groups in total. The summed E-state index contributed by atoms with van der Waals surface area (Å²) < 4.78 is 15.6. The van der Waals surface area contributed by atoms with E-state index in [0.29, 0.717) is 17.1 Å². The summed E-state index contributed by atoms with van der Waals surface area (Å²) in [6.45, 7) is 6.52. The van der Waals surface area contributed by atoms with Crippen LogP contribution in [0.1, 0.15) is 27.7 Å². The van der Waals surface area contributed by atoms with Crippen LogP contribution in [0.25, 0.3) is 0 Å². The van der Waals surface area contributed by atoms with Crippen LogP contribution in [-0.4, -0.2) is 35.5 Å². The Bertz CT molecular complexity index is 947. The van der Waals surface area contributed by atoms with Crippen molar-refractivity contribution in [2.75, 3.05) is 11.1 Å². The van der Waals surface area contributed by atoms with E-state index < -0.39 is 18.5 Å². The zero-order valence-electron chi connectivity index (χ0n) is 17.7. The third-order valence-electron chi connectivity index (χ3n) is 3.59. The molecule has 0 spiro atoms. The number of benzene rings is 1. The molecule has 0 saturated heterocycles. The van der Waals surface area contributed by atoms with Crippen molar-refractivity contribution in [2.24, 2.45) is 16.0 Å². The highest BCUT2D eigenvalue weighted by Gasteiger charge is 2.15. The second-order valence-corrected chi connectivity index (χ2v) is 6.77. The van der Waals surface area contributed by atoms with Gasteiger partial charge in [0.1, 0.15) is 17.2 Å². The maximum atomic E-state index is 11.7. The summed E-state index contributed by atoms with van der Waals surface area (Å²) in [6, 6.07) is 9.20. The topological polar surface area (TPSA) is 164 Å². The molecule has 166 valence electrons. The second kappa shape index (κ2) is 10.9. The second-order valence-electron chi connectivity index (χ2n) is 6.77. The zero-order chi connectivity index (χ0) is 23.0. The molecule has 0 aliphatic heterocycles. The first kappa shape index (κ1) is 23.5. The van der Waals surface area contributed by atoms with Crippen molar-refractivity contribution < 1.29 is 23.8 Å². The molecule has 0 radical (unpaired) electrons. The number of ether oxygens (including phenoxy) is 3. The van der Waals surface area contributed by atoms with Crippen LogP contribution < -0.4 is 21.5 Å². The maximum absolute atomic E-state index is 11.7. The quantitative estimate of drug-likeness (QED) is 0.324. The zero-order valence-corrected chi connectivity index (χ0v) is 17.7. The number of hydrogen-bond acceptors (Lipinski definition) is 10. The first-order chi connectivity index (χ1) is 14.7. The van der Waals surface area contributed by atoms with Crippen LogP contribution in [0, 0.1) is 0 Å². The van der Waals surface area contributed by atoms with E-state index in [1.807, 2.05) is 0 Å². The van der Waals surface area contributed by atoms with Gasteiger partial charge >= 0.3 is 6.16 Å². The van der Waals surface area contributed by atoms with Crippen LogP contribution in [0.3, 0.4) is 0 Å². The van der Waals surface area contributed by atoms with Gasteiger partial charge in [-0.25, -0.2) is 9.78 Å². The number of hydrogen-bond donors (Lipinski definition) is 3. The third kappa shape index (κ3) is 7.55. The van der Waals surface area contributed by atoms with Gasteiger partial charge in [-0.2, -0.15) is 0 Å². The largest absolute Gasteiger partial charge is 0.511 e. The van der Waals surface area contributed by atoms with Gasteiger partial charge < -0.3 is 31.0 Å². The van der Waals surface area contributed by atoms with E-state index in [1.165, 1.54) is 6.07 Å². The van der Waals surface area contributed by atoms with E-state index >= 15 is 0 Å². The minimum Gasteiger partial charge on any atom is -0.453 e. The van der Waals surface area contributed by atoms with Crippen molar-refractivity contribution in [3.8, 4) is 5.75 Å². The van der Waals surface area contributed by atoms with Crippen molar-refractivity contribution in [2.45, 2.75) is 46.1 Å². The van der Waals surface area contributed by atoms with E-state index in [0.717, 1.165) is 0 Å². The molecule has 2 atom stereocenters. The Balaban J connectivity index is 2.09. The molecular weight excluding hydrogens is 404 g/mol. The lowest BCUT2D eigenvalue weighted by Crippen LogP contribution is -2.32. The summed E-state index contributed by atoms with van der Waals surface area (Å²) in [5.41, 5.74) is 12.1. The third-order valence-corrected chi connectivity index (χ3v) is 3.59. The molecule has 11 heteroatoms. The van der Waals surface area contributed by atoms with Crippen LogP contribution in [0.2, 0.25) is 0 Å². The van der Waals surface area contributed by atoms with Crippen LogP contribution in [-0.2, 0) is 14.3 Å². The van der Waals surface area contributed by atoms with Crippen LogP contribution in [0.15, 0.2) is 46.6 Å². The highest BCUT2D eigenvalue weighted by Crippen LogP contribution is 2.31. The van der Waals surface area contributed by atoms with E-state index in [1.54, 1.807) is 58.0 Å². The van der Waals surface area contributed by atoms with Gasteiger partial charge in [-0.15, -0.1) is 10.2 Å². The van der Waals surface area contributed by atoms with Crippen molar-refractivity contribution in [3.63, 3.8) is 0 Å². The fourth-order valence-corrected chi connectivity index (χ4v) is 2.17. The molecule has 1 aromatic carbocycles. The average Bonchev–Trinajstić information content (AvgIpc) is 2.67. The normalized spacial score (nSPS) is 13.0. The SMILES string of the molecule is CC(C)OC(=O)OC(C)Oc1ccccc1/N=N/c1ccc(NC(=O)[C@H](C)N)nc1N. The molecule has 1 amide bonds. The number of aromatic nitrogens is 1. The number of nitrogens with zero attached hydrogens (tertiary/aromatic N) is 3. The van der Waals surface area contributed by atoms with Crippen molar-refractivity contribution in [1.82, 2.24) is 4.98 Å². The lowest BCUT2D eigenvalue weighted by atomic mass is 10.3. The molecule has 31 heavy (non-hydrogen) atoms. The Morgan fingerprint density at radius 3 is 2.32 bits per heavy atom. The lowest BCUT2D eigenvalue weighted by Gasteiger charge is -2.16. The molecule has 0 fully saturated rings. The van der Waals surface area contributed by atoms with Gasteiger partial charge in [0, 0.05) is 6.92 Å². The number of nitrogen functional groups attached to an aromatic ring is 1. The average molecular weight is 430 g/mol. The van der Waals surface area contributed by atoms with E-state index in [4.69, 9.17) is 25.7 Å². The van der Waals surface area contributed by atoms with Crippen molar-refractivity contribution in [3.05, 3.63) is 36.4 Å². The van der Waals surface area contributed by atoms with Crippen LogP contribution in [0.5, 0.6) is 5.75 Å². The first-order valence-corrected chi connectivity index (χ1v) is 9.53. The number of para-hydroxylation sites is 1. The summed E-state index contributed by atoms with van der Waals surface area (Å²) in [6.07, 6.45) is -2.06. The van der Waals surface area contributed by atoms with Gasteiger partial charge in [0.25, 0.3) is 0 Å². The summed E-state index contributed by atoms with van der Waals surface area (Å²) in [5.74, 6) is 0.268. The Labute approximate surface area is 179 Å². The van der Waals surface area contributed by atoms with E-state index in [-0.39, 0.29) is 23.6 Å². The van der Waals surface area contributed by atoms with Gasteiger partial charge in [-0.05, 0) is 45.0 Å². The first-order valence-electron chi connectivity index (χ1n) is 9.53. The Kier molecular flexibility index (Phi) is 8.26.